The van der Waals surface area contributed by atoms with Crippen LogP contribution in [-0.2, 0) is 13.1 Å². The third kappa shape index (κ3) is 6.65. The number of ether oxygens (including phenoxy) is 1. The molecule has 2 aromatic rings. The standard InChI is InChI=1S/C22H30N4O.HI/c1-16-11-12-18(21(13-16)27-20-9-4-5-10-20)14-24-22(23-3)25-15-19-8-6-7-17(2)26-19;/h6-8,11-13,20H,4-5,9-10,14-15H2,1-3H3,(H2,23,24,25);1H. The van der Waals surface area contributed by atoms with Crippen LogP contribution in [0.1, 0.15) is 48.2 Å². The maximum absolute atomic E-state index is 6.29. The lowest BCUT2D eigenvalue weighted by Gasteiger charge is -2.18. The monoisotopic (exact) mass is 494 g/mol. The van der Waals surface area contributed by atoms with E-state index in [-0.39, 0.29) is 24.0 Å². The predicted octanol–water partition coefficient (Wildman–Crippen LogP) is 4.50. The number of hydrogen-bond acceptors (Lipinski definition) is 3. The topological polar surface area (TPSA) is 58.5 Å². The van der Waals surface area contributed by atoms with Gasteiger partial charge in [0.15, 0.2) is 5.96 Å². The van der Waals surface area contributed by atoms with Crippen LogP contribution in [0.4, 0.5) is 0 Å². The molecule has 0 atom stereocenters. The van der Waals surface area contributed by atoms with Gasteiger partial charge in [-0.2, -0.15) is 0 Å². The first-order valence-electron chi connectivity index (χ1n) is 9.77. The predicted molar refractivity (Wildman–Crippen MR) is 125 cm³/mol. The average Bonchev–Trinajstić information content (AvgIpc) is 3.16. The van der Waals surface area contributed by atoms with Crippen LogP contribution >= 0.6 is 24.0 Å². The van der Waals surface area contributed by atoms with Crippen LogP contribution in [0.5, 0.6) is 5.75 Å². The molecule has 1 aliphatic carbocycles. The van der Waals surface area contributed by atoms with Crippen molar-refractivity contribution in [3.8, 4) is 5.75 Å². The van der Waals surface area contributed by atoms with Crippen molar-refractivity contribution in [1.82, 2.24) is 15.6 Å². The minimum Gasteiger partial charge on any atom is -0.490 e. The van der Waals surface area contributed by atoms with Gasteiger partial charge in [-0.3, -0.25) is 9.98 Å². The fourth-order valence-electron chi connectivity index (χ4n) is 3.38. The number of aliphatic imine (C=N–C) groups is 1. The molecular weight excluding hydrogens is 463 g/mol. The zero-order valence-electron chi connectivity index (χ0n) is 17.0. The van der Waals surface area contributed by atoms with Gasteiger partial charge >= 0.3 is 0 Å². The molecule has 152 valence electrons. The number of guanidine groups is 1. The molecule has 0 amide bonds. The van der Waals surface area contributed by atoms with Crippen LogP contribution in [0, 0.1) is 13.8 Å². The number of benzene rings is 1. The SMILES string of the molecule is CN=C(NCc1cccc(C)n1)NCc1ccc(C)cc1OC1CCCC1.I. The molecule has 1 aromatic heterocycles. The number of pyridine rings is 1. The maximum Gasteiger partial charge on any atom is 0.191 e. The Morgan fingerprint density at radius 3 is 2.57 bits per heavy atom. The molecule has 0 spiro atoms. The van der Waals surface area contributed by atoms with Crippen molar-refractivity contribution in [3.63, 3.8) is 0 Å². The Hall–Kier alpha value is -1.83. The number of rotatable bonds is 6. The molecule has 1 saturated carbocycles. The second-order valence-corrected chi connectivity index (χ2v) is 7.19. The first-order valence-corrected chi connectivity index (χ1v) is 9.77. The van der Waals surface area contributed by atoms with Crippen molar-refractivity contribution in [1.29, 1.82) is 0 Å². The zero-order valence-corrected chi connectivity index (χ0v) is 19.3. The molecule has 1 aromatic carbocycles. The Morgan fingerprint density at radius 1 is 1.11 bits per heavy atom. The highest BCUT2D eigenvalue weighted by atomic mass is 127. The molecule has 1 fully saturated rings. The van der Waals surface area contributed by atoms with E-state index >= 15 is 0 Å². The smallest absolute Gasteiger partial charge is 0.191 e. The lowest BCUT2D eigenvalue weighted by molar-refractivity contribution is 0.207. The van der Waals surface area contributed by atoms with Gasteiger partial charge in [0, 0.05) is 24.8 Å². The first kappa shape index (κ1) is 22.5. The van der Waals surface area contributed by atoms with Crippen molar-refractivity contribution in [2.24, 2.45) is 4.99 Å². The fourth-order valence-corrected chi connectivity index (χ4v) is 3.38. The van der Waals surface area contributed by atoms with Gasteiger partial charge in [-0.15, -0.1) is 24.0 Å². The summed E-state index contributed by atoms with van der Waals surface area (Å²) in [5.41, 5.74) is 4.40. The highest BCUT2D eigenvalue weighted by Crippen LogP contribution is 2.27. The number of halogens is 1. The zero-order chi connectivity index (χ0) is 19.1. The van der Waals surface area contributed by atoms with Gasteiger partial charge in [-0.25, -0.2) is 0 Å². The summed E-state index contributed by atoms with van der Waals surface area (Å²) in [6.07, 6.45) is 5.22. The quantitative estimate of drug-likeness (QED) is 0.353. The molecule has 5 nitrogen and oxygen atoms in total. The molecule has 3 rings (SSSR count). The molecule has 0 radical (unpaired) electrons. The van der Waals surface area contributed by atoms with E-state index in [0.717, 1.165) is 41.5 Å². The number of aryl methyl sites for hydroxylation is 2. The molecule has 2 N–H and O–H groups in total. The van der Waals surface area contributed by atoms with Crippen LogP contribution in [0.2, 0.25) is 0 Å². The third-order valence-corrected chi connectivity index (χ3v) is 4.87. The summed E-state index contributed by atoms with van der Waals surface area (Å²) in [5, 5.41) is 6.71. The first-order chi connectivity index (χ1) is 13.1. The average molecular weight is 494 g/mol. The number of aromatic nitrogens is 1. The van der Waals surface area contributed by atoms with E-state index in [1.165, 1.54) is 18.4 Å². The van der Waals surface area contributed by atoms with E-state index < -0.39 is 0 Å². The second kappa shape index (κ2) is 11.2. The summed E-state index contributed by atoms with van der Waals surface area (Å²) in [6.45, 7) is 5.41. The second-order valence-electron chi connectivity index (χ2n) is 7.19. The van der Waals surface area contributed by atoms with Crippen LogP contribution in [0.3, 0.4) is 0 Å². The normalized spacial score (nSPS) is 14.5. The lowest BCUT2D eigenvalue weighted by Crippen LogP contribution is -2.36. The highest BCUT2D eigenvalue weighted by Gasteiger charge is 2.18. The van der Waals surface area contributed by atoms with E-state index in [1.54, 1.807) is 7.05 Å². The minimum absolute atomic E-state index is 0. The van der Waals surface area contributed by atoms with Gasteiger partial charge in [0.05, 0.1) is 18.3 Å². The van der Waals surface area contributed by atoms with Gasteiger partial charge in [-0.05, 0) is 63.3 Å². The summed E-state index contributed by atoms with van der Waals surface area (Å²) < 4.78 is 6.29. The van der Waals surface area contributed by atoms with Gasteiger partial charge in [-0.1, -0.05) is 18.2 Å². The largest absolute Gasteiger partial charge is 0.490 e. The van der Waals surface area contributed by atoms with Crippen molar-refractivity contribution in [2.75, 3.05) is 7.05 Å². The number of nitrogens with zero attached hydrogens (tertiary/aromatic N) is 2. The van der Waals surface area contributed by atoms with E-state index in [2.05, 4.69) is 45.7 Å². The van der Waals surface area contributed by atoms with E-state index in [0.29, 0.717) is 19.2 Å². The summed E-state index contributed by atoms with van der Waals surface area (Å²) in [6, 6.07) is 12.4. The summed E-state index contributed by atoms with van der Waals surface area (Å²) in [4.78, 5) is 8.83. The fraction of sp³-hybridized carbons (Fsp3) is 0.455. The summed E-state index contributed by atoms with van der Waals surface area (Å²) in [7, 11) is 1.78. The third-order valence-electron chi connectivity index (χ3n) is 4.87. The Bertz CT molecular complexity index is 788. The molecule has 0 aliphatic heterocycles. The van der Waals surface area contributed by atoms with Crippen molar-refractivity contribution in [3.05, 3.63) is 58.9 Å². The number of hydrogen-bond donors (Lipinski definition) is 2. The molecule has 28 heavy (non-hydrogen) atoms. The molecule has 0 saturated heterocycles. The maximum atomic E-state index is 6.29. The van der Waals surface area contributed by atoms with Crippen LogP contribution < -0.4 is 15.4 Å². The van der Waals surface area contributed by atoms with Crippen LogP contribution in [-0.4, -0.2) is 24.1 Å². The molecule has 0 bridgehead atoms. The van der Waals surface area contributed by atoms with Gasteiger partial charge < -0.3 is 15.4 Å². The summed E-state index contributed by atoms with van der Waals surface area (Å²) in [5.74, 6) is 1.75. The van der Waals surface area contributed by atoms with Gasteiger partial charge in [0.1, 0.15) is 5.75 Å². The van der Waals surface area contributed by atoms with E-state index in [4.69, 9.17) is 4.74 Å². The van der Waals surface area contributed by atoms with Gasteiger partial charge in [0.25, 0.3) is 0 Å². The van der Waals surface area contributed by atoms with Crippen molar-refractivity contribution in [2.45, 2.75) is 58.7 Å². The van der Waals surface area contributed by atoms with Gasteiger partial charge in [0.2, 0.25) is 0 Å². The lowest BCUT2D eigenvalue weighted by atomic mass is 10.1. The molecule has 0 unspecified atom stereocenters. The molecule has 1 heterocycles. The Labute approximate surface area is 185 Å². The van der Waals surface area contributed by atoms with Crippen LogP contribution in [0.15, 0.2) is 41.4 Å². The molecule has 6 heteroatoms. The highest BCUT2D eigenvalue weighted by molar-refractivity contribution is 14.0. The van der Waals surface area contributed by atoms with Crippen LogP contribution in [0.25, 0.3) is 0 Å². The Morgan fingerprint density at radius 2 is 1.86 bits per heavy atom. The Kier molecular flexibility index (Phi) is 9.02. The van der Waals surface area contributed by atoms with Crippen molar-refractivity contribution < 1.29 is 4.74 Å². The summed E-state index contributed by atoms with van der Waals surface area (Å²) >= 11 is 0. The molecule has 1 aliphatic rings. The van der Waals surface area contributed by atoms with E-state index in [1.807, 2.05) is 25.1 Å². The van der Waals surface area contributed by atoms with Crippen molar-refractivity contribution >= 4 is 29.9 Å². The Balaban J connectivity index is 0.00000280. The minimum atomic E-state index is 0. The van der Waals surface area contributed by atoms with E-state index in [9.17, 15) is 0 Å². The molecular formula is C22H31IN4O. The number of nitrogens with one attached hydrogen (secondary N) is 2.